The zero-order chi connectivity index (χ0) is 11.1. The minimum atomic E-state index is -1.43. The number of rotatable bonds is 0. The van der Waals surface area contributed by atoms with E-state index < -0.39 is 3.79 Å². The summed E-state index contributed by atoms with van der Waals surface area (Å²) < 4.78 is -1.43. The van der Waals surface area contributed by atoms with E-state index in [0.717, 1.165) is 16.3 Å². The van der Waals surface area contributed by atoms with Crippen molar-refractivity contribution in [3.8, 4) is 0 Å². The van der Waals surface area contributed by atoms with Gasteiger partial charge >= 0.3 is 0 Å². The summed E-state index contributed by atoms with van der Waals surface area (Å²) in [6.07, 6.45) is 0. The van der Waals surface area contributed by atoms with Crippen LogP contribution in [0.4, 0.5) is 0 Å². The molecule has 0 aliphatic heterocycles. The summed E-state index contributed by atoms with van der Waals surface area (Å²) in [5.41, 5.74) is 1.40. The van der Waals surface area contributed by atoms with Gasteiger partial charge in [0.15, 0.2) is 0 Å². The van der Waals surface area contributed by atoms with Gasteiger partial charge in [-0.05, 0) is 23.3 Å². The maximum absolute atomic E-state index is 5.93. The number of benzene rings is 2. The van der Waals surface area contributed by atoms with Gasteiger partial charge in [-0.15, -0.1) is 0 Å². The van der Waals surface area contributed by atoms with Crippen LogP contribution < -0.4 is 0 Å². The molecule has 3 heteroatoms. The summed E-state index contributed by atoms with van der Waals surface area (Å²) in [5, 5.41) is 1.98. The van der Waals surface area contributed by atoms with Crippen LogP contribution in [0.5, 0.6) is 0 Å². The van der Waals surface area contributed by atoms with Crippen LogP contribution in [-0.2, 0) is 3.79 Å². The molecule has 2 aromatic carbocycles. The first-order valence-electron chi connectivity index (χ1n) is 4.41. The van der Waals surface area contributed by atoms with Crippen LogP contribution >= 0.6 is 34.8 Å². The van der Waals surface area contributed by atoms with Gasteiger partial charge < -0.3 is 0 Å². The van der Waals surface area contributed by atoms with Gasteiger partial charge in [-0.2, -0.15) is 0 Å². The molecule has 0 aliphatic rings. The van der Waals surface area contributed by atoms with Crippen LogP contribution in [0.15, 0.2) is 36.4 Å². The van der Waals surface area contributed by atoms with Crippen LogP contribution in [0.25, 0.3) is 10.8 Å². The van der Waals surface area contributed by atoms with Crippen molar-refractivity contribution in [1.29, 1.82) is 0 Å². The van der Waals surface area contributed by atoms with Crippen molar-refractivity contribution in [2.24, 2.45) is 0 Å². The van der Waals surface area contributed by atoms with Crippen LogP contribution in [0.3, 0.4) is 0 Å². The first-order chi connectivity index (χ1) is 7.00. The second kappa shape index (κ2) is 3.86. The minimum Gasteiger partial charge on any atom is -0.0784 e. The molecule has 0 spiro atoms. The van der Waals surface area contributed by atoms with Crippen LogP contribution in [0, 0.1) is 6.92 Å². The number of alkyl halides is 3. The Labute approximate surface area is 104 Å². The average molecular weight is 259 g/mol. The van der Waals surface area contributed by atoms with Gasteiger partial charge in [0, 0.05) is 5.56 Å². The van der Waals surface area contributed by atoms with Crippen molar-refractivity contribution in [2.45, 2.75) is 3.79 Å². The highest BCUT2D eigenvalue weighted by Gasteiger charge is 2.26. The van der Waals surface area contributed by atoms with E-state index in [1.807, 2.05) is 36.4 Å². The largest absolute Gasteiger partial charge is 0.216 e. The Hall–Kier alpha value is -0.430. The fourth-order valence-electron chi connectivity index (χ4n) is 1.65. The van der Waals surface area contributed by atoms with E-state index in [9.17, 15) is 0 Å². The molecule has 0 bridgehead atoms. The monoisotopic (exact) mass is 257 g/mol. The summed E-state index contributed by atoms with van der Waals surface area (Å²) in [6.45, 7) is 3.88. The smallest absolute Gasteiger partial charge is 0.0784 e. The second-order valence-electron chi connectivity index (χ2n) is 3.32. The topological polar surface area (TPSA) is 0 Å². The fourth-order valence-corrected chi connectivity index (χ4v) is 2.32. The Kier molecular flexibility index (Phi) is 2.85. The minimum absolute atomic E-state index is 0.658. The number of hydrogen-bond donors (Lipinski definition) is 0. The van der Waals surface area contributed by atoms with E-state index in [1.54, 1.807) is 0 Å². The molecule has 0 aromatic heterocycles. The lowest BCUT2D eigenvalue weighted by Gasteiger charge is -2.17. The van der Waals surface area contributed by atoms with Gasteiger partial charge in [-0.1, -0.05) is 71.2 Å². The number of hydrogen-bond acceptors (Lipinski definition) is 0. The Morgan fingerprint density at radius 1 is 0.933 bits per heavy atom. The lowest BCUT2D eigenvalue weighted by atomic mass is 10.0. The zero-order valence-corrected chi connectivity index (χ0v) is 10.1. The van der Waals surface area contributed by atoms with Gasteiger partial charge in [-0.3, -0.25) is 0 Å². The van der Waals surface area contributed by atoms with Gasteiger partial charge in [0.2, 0.25) is 3.79 Å². The van der Waals surface area contributed by atoms with Crippen LogP contribution in [0.2, 0.25) is 0 Å². The lowest BCUT2D eigenvalue weighted by Crippen LogP contribution is -2.04. The quantitative estimate of drug-likeness (QED) is 0.593. The van der Waals surface area contributed by atoms with E-state index in [1.165, 1.54) is 0 Å². The van der Waals surface area contributed by atoms with Crippen molar-refractivity contribution in [2.75, 3.05) is 0 Å². The molecule has 0 nitrogen and oxygen atoms in total. The van der Waals surface area contributed by atoms with E-state index in [2.05, 4.69) is 6.92 Å². The molecule has 0 saturated carbocycles. The maximum Gasteiger partial charge on any atom is 0.216 e. The maximum atomic E-state index is 5.93. The van der Waals surface area contributed by atoms with Crippen molar-refractivity contribution in [1.82, 2.24) is 0 Å². The van der Waals surface area contributed by atoms with E-state index in [0.29, 0.717) is 5.56 Å². The Morgan fingerprint density at radius 3 is 2.27 bits per heavy atom. The zero-order valence-electron chi connectivity index (χ0n) is 7.81. The second-order valence-corrected chi connectivity index (χ2v) is 5.60. The summed E-state index contributed by atoms with van der Waals surface area (Å²) in [4.78, 5) is 0. The van der Waals surface area contributed by atoms with E-state index in [4.69, 9.17) is 34.8 Å². The molecule has 0 heterocycles. The molecular formula is C12H8Cl3. The molecule has 0 fully saturated rings. The van der Waals surface area contributed by atoms with Crippen molar-refractivity contribution in [3.63, 3.8) is 0 Å². The third-order valence-corrected chi connectivity index (χ3v) is 2.87. The summed E-state index contributed by atoms with van der Waals surface area (Å²) in [6, 6.07) is 11.6. The first kappa shape index (κ1) is 11.1. The molecule has 0 unspecified atom stereocenters. The molecule has 1 radical (unpaired) electrons. The van der Waals surface area contributed by atoms with Gasteiger partial charge in [-0.25, -0.2) is 0 Å². The summed E-state index contributed by atoms with van der Waals surface area (Å²) >= 11 is 17.8. The molecule has 15 heavy (non-hydrogen) atoms. The summed E-state index contributed by atoms with van der Waals surface area (Å²) in [7, 11) is 0. The normalized spacial score (nSPS) is 12.0. The molecule has 2 aromatic rings. The van der Waals surface area contributed by atoms with Crippen molar-refractivity contribution < 1.29 is 0 Å². The third-order valence-electron chi connectivity index (χ3n) is 2.30. The standard InChI is InChI=1S/C12H8Cl3/c1-8-6-7-9-4-2-3-5-10(9)11(8)12(13,14)15/h2-7H,1H2. The Bertz CT molecular complexity index is 498. The third kappa shape index (κ3) is 2.08. The highest BCUT2D eigenvalue weighted by molar-refractivity contribution is 6.67. The van der Waals surface area contributed by atoms with Crippen LogP contribution in [-0.4, -0.2) is 0 Å². The fraction of sp³-hybridized carbons (Fsp3) is 0.0833. The predicted octanol–water partition coefficient (Wildman–Crippen LogP) is 4.85. The number of halogens is 3. The Balaban J connectivity index is 2.86. The number of fused-ring (bicyclic) bond motifs is 1. The molecule has 2 rings (SSSR count). The molecule has 77 valence electrons. The molecule has 0 saturated heterocycles. The molecular weight excluding hydrogens is 250 g/mol. The van der Waals surface area contributed by atoms with Crippen molar-refractivity contribution >= 4 is 45.6 Å². The molecule has 0 aliphatic carbocycles. The molecule has 0 N–H and O–H groups in total. The Morgan fingerprint density at radius 2 is 1.60 bits per heavy atom. The first-order valence-corrected chi connectivity index (χ1v) is 5.54. The van der Waals surface area contributed by atoms with E-state index >= 15 is 0 Å². The summed E-state index contributed by atoms with van der Waals surface area (Å²) in [5.74, 6) is 0. The predicted molar refractivity (Wildman–Crippen MR) is 67.6 cm³/mol. The molecule has 0 atom stereocenters. The lowest BCUT2D eigenvalue weighted by molar-refractivity contribution is 1.25. The highest BCUT2D eigenvalue weighted by atomic mass is 35.6. The highest BCUT2D eigenvalue weighted by Crippen LogP contribution is 2.43. The molecule has 0 amide bonds. The van der Waals surface area contributed by atoms with Gasteiger partial charge in [0.1, 0.15) is 0 Å². The van der Waals surface area contributed by atoms with E-state index in [-0.39, 0.29) is 0 Å². The van der Waals surface area contributed by atoms with Crippen LogP contribution in [0.1, 0.15) is 11.1 Å². The SMILES string of the molecule is [CH2]c1ccc2ccccc2c1C(Cl)(Cl)Cl. The van der Waals surface area contributed by atoms with Crippen molar-refractivity contribution in [3.05, 3.63) is 54.4 Å². The van der Waals surface area contributed by atoms with Gasteiger partial charge in [0.25, 0.3) is 0 Å². The average Bonchev–Trinajstić information content (AvgIpc) is 2.15. The van der Waals surface area contributed by atoms with Gasteiger partial charge in [0.05, 0.1) is 0 Å².